The van der Waals surface area contributed by atoms with Crippen molar-refractivity contribution in [3.63, 3.8) is 0 Å². The maximum atomic E-state index is 11.5. The van der Waals surface area contributed by atoms with Crippen LogP contribution < -0.4 is 5.32 Å². The van der Waals surface area contributed by atoms with Gasteiger partial charge in [-0.3, -0.25) is 9.69 Å². The van der Waals surface area contributed by atoms with E-state index in [1.54, 1.807) is 19.4 Å². The van der Waals surface area contributed by atoms with Gasteiger partial charge >= 0.3 is 12.1 Å². The van der Waals surface area contributed by atoms with Crippen molar-refractivity contribution in [2.75, 3.05) is 14.1 Å². The molecule has 1 saturated carbocycles. The molecule has 2 aromatic heterocycles. The molecule has 0 aromatic carbocycles. The molecule has 0 radical (unpaired) electrons. The molecule has 0 unspecified atom stereocenters. The van der Waals surface area contributed by atoms with Crippen LogP contribution in [0.4, 0.5) is 13.2 Å². The van der Waals surface area contributed by atoms with E-state index < -0.39 is 12.1 Å². The first-order chi connectivity index (χ1) is 13.6. The van der Waals surface area contributed by atoms with Gasteiger partial charge < -0.3 is 19.4 Å². The normalized spacial score (nSPS) is 14.1. The van der Waals surface area contributed by atoms with Crippen LogP contribution in [0.2, 0.25) is 0 Å². The number of carbonyl (C=O) groups excluding carboxylic acids is 1. The molecule has 3 rings (SSSR count). The number of halogens is 3. The highest BCUT2D eigenvalue weighted by atomic mass is 19.4. The number of aromatic nitrogens is 1. The zero-order valence-electron chi connectivity index (χ0n) is 16.0. The molecular formula is C18H22F3N3O5. The van der Waals surface area contributed by atoms with Crippen LogP contribution in [0.25, 0.3) is 0 Å². The molecule has 0 saturated heterocycles. The monoisotopic (exact) mass is 417 g/mol. The van der Waals surface area contributed by atoms with Crippen LogP contribution in [-0.4, -0.2) is 47.3 Å². The minimum Gasteiger partial charge on any atom is -0.475 e. The molecule has 0 aliphatic heterocycles. The Hall–Kier alpha value is -2.82. The van der Waals surface area contributed by atoms with Gasteiger partial charge in [-0.2, -0.15) is 13.2 Å². The molecule has 2 heterocycles. The molecule has 0 atom stereocenters. The van der Waals surface area contributed by atoms with Crippen molar-refractivity contribution in [1.82, 2.24) is 15.4 Å². The van der Waals surface area contributed by atoms with E-state index in [1.807, 2.05) is 13.1 Å². The number of alkyl halides is 3. The van der Waals surface area contributed by atoms with E-state index in [0.29, 0.717) is 18.2 Å². The van der Waals surface area contributed by atoms with Gasteiger partial charge in [0.05, 0.1) is 12.2 Å². The van der Waals surface area contributed by atoms with Gasteiger partial charge in [0.2, 0.25) is 0 Å². The van der Waals surface area contributed by atoms with Gasteiger partial charge in [-0.25, -0.2) is 4.79 Å². The lowest BCUT2D eigenvalue weighted by Gasteiger charge is -2.24. The molecule has 29 heavy (non-hydrogen) atoms. The summed E-state index contributed by atoms with van der Waals surface area (Å²) in [4.78, 5) is 22.5. The van der Waals surface area contributed by atoms with Gasteiger partial charge in [-0.1, -0.05) is 11.6 Å². The summed E-state index contributed by atoms with van der Waals surface area (Å²) in [5.41, 5.74) is 2.24. The summed E-state index contributed by atoms with van der Waals surface area (Å²) in [7, 11) is 3.60. The smallest absolute Gasteiger partial charge is 0.475 e. The van der Waals surface area contributed by atoms with Crippen LogP contribution in [0.15, 0.2) is 27.3 Å². The molecule has 1 aliphatic carbocycles. The molecule has 8 nitrogen and oxygen atoms in total. The van der Waals surface area contributed by atoms with Gasteiger partial charge in [0.15, 0.2) is 5.76 Å². The Bertz CT molecular complexity index is 827. The summed E-state index contributed by atoms with van der Waals surface area (Å²) in [5, 5.41) is 13.8. The lowest BCUT2D eigenvalue weighted by molar-refractivity contribution is -0.192. The quantitative estimate of drug-likeness (QED) is 0.743. The SMILES string of the molecule is CNC(=O)c1ccc(CN(C)Cc2conc2C2CCC2)o1.O=C(O)C(F)(F)F. The number of carbonyl (C=O) groups is 2. The molecule has 160 valence electrons. The summed E-state index contributed by atoms with van der Waals surface area (Å²) in [5.74, 6) is -1.30. The topological polar surface area (TPSA) is 109 Å². The zero-order valence-corrected chi connectivity index (χ0v) is 16.0. The number of aliphatic carboxylic acids is 1. The number of carboxylic acids is 1. The van der Waals surface area contributed by atoms with Crippen molar-refractivity contribution < 1.29 is 36.8 Å². The second kappa shape index (κ2) is 9.59. The third-order valence-electron chi connectivity index (χ3n) is 4.39. The Morgan fingerprint density at radius 2 is 1.97 bits per heavy atom. The predicted molar refractivity (Wildman–Crippen MR) is 94.1 cm³/mol. The Kier molecular flexibility index (Phi) is 7.43. The average molecular weight is 417 g/mol. The highest BCUT2D eigenvalue weighted by molar-refractivity contribution is 5.91. The lowest BCUT2D eigenvalue weighted by atomic mass is 9.81. The minimum atomic E-state index is -5.08. The third-order valence-corrected chi connectivity index (χ3v) is 4.39. The number of nitrogens with one attached hydrogen (secondary N) is 1. The maximum Gasteiger partial charge on any atom is 0.490 e. The van der Waals surface area contributed by atoms with Gasteiger partial charge in [0, 0.05) is 25.1 Å². The van der Waals surface area contributed by atoms with Crippen LogP contribution in [-0.2, 0) is 17.9 Å². The zero-order chi connectivity index (χ0) is 21.6. The molecule has 2 aromatic rings. The van der Waals surface area contributed by atoms with Gasteiger partial charge in [-0.05, 0) is 32.0 Å². The van der Waals surface area contributed by atoms with Crippen molar-refractivity contribution in [3.8, 4) is 0 Å². The van der Waals surface area contributed by atoms with Gasteiger partial charge in [-0.15, -0.1) is 0 Å². The number of carboxylic acid groups (broad SMARTS) is 1. The summed E-state index contributed by atoms with van der Waals surface area (Å²) >= 11 is 0. The summed E-state index contributed by atoms with van der Waals surface area (Å²) in [6.07, 6.45) is 0.345. The third kappa shape index (κ3) is 6.34. The van der Waals surface area contributed by atoms with Crippen molar-refractivity contribution in [2.45, 2.75) is 44.4 Å². The van der Waals surface area contributed by atoms with E-state index in [-0.39, 0.29) is 5.91 Å². The van der Waals surface area contributed by atoms with Crippen molar-refractivity contribution >= 4 is 11.9 Å². The van der Waals surface area contributed by atoms with Crippen LogP contribution in [0.1, 0.15) is 52.8 Å². The Morgan fingerprint density at radius 1 is 1.31 bits per heavy atom. The maximum absolute atomic E-state index is 11.5. The number of furan rings is 1. The Balaban J connectivity index is 0.000000370. The van der Waals surface area contributed by atoms with Crippen LogP contribution in [0.3, 0.4) is 0 Å². The Morgan fingerprint density at radius 3 is 2.48 bits per heavy atom. The van der Waals surface area contributed by atoms with Crippen molar-refractivity contribution in [3.05, 3.63) is 41.2 Å². The molecule has 0 bridgehead atoms. The second-order valence-corrected chi connectivity index (χ2v) is 6.67. The summed E-state index contributed by atoms with van der Waals surface area (Å²) < 4.78 is 42.4. The highest BCUT2D eigenvalue weighted by Crippen LogP contribution is 2.37. The fraction of sp³-hybridized carbons (Fsp3) is 0.500. The van der Waals surface area contributed by atoms with E-state index >= 15 is 0 Å². The first-order valence-corrected chi connectivity index (χ1v) is 8.84. The van der Waals surface area contributed by atoms with Crippen molar-refractivity contribution in [1.29, 1.82) is 0 Å². The standard InChI is InChI=1S/C16H21N3O3.C2HF3O2/c1-17-16(20)14-7-6-13(22-14)9-19(2)8-12-10-21-18-15(12)11-4-3-5-11;3-2(4,5)1(6)7/h6-7,10-11H,3-5,8-9H2,1-2H3,(H,17,20);(H,6,7). The fourth-order valence-electron chi connectivity index (χ4n) is 2.72. The van der Waals surface area contributed by atoms with E-state index in [1.165, 1.54) is 19.3 Å². The molecule has 1 fully saturated rings. The van der Waals surface area contributed by atoms with E-state index in [2.05, 4.69) is 15.4 Å². The van der Waals surface area contributed by atoms with E-state index in [9.17, 15) is 18.0 Å². The van der Waals surface area contributed by atoms with E-state index in [0.717, 1.165) is 23.6 Å². The first kappa shape index (κ1) is 22.5. The van der Waals surface area contributed by atoms with Gasteiger partial charge in [0.25, 0.3) is 5.91 Å². The molecule has 0 spiro atoms. The number of hydrogen-bond donors (Lipinski definition) is 2. The number of nitrogens with zero attached hydrogens (tertiary/aromatic N) is 2. The summed E-state index contributed by atoms with van der Waals surface area (Å²) in [6, 6.07) is 3.53. The molecule has 1 amide bonds. The Labute approximate surface area is 164 Å². The van der Waals surface area contributed by atoms with E-state index in [4.69, 9.17) is 18.8 Å². The minimum absolute atomic E-state index is 0.208. The molecular weight excluding hydrogens is 395 g/mol. The average Bonchev–Trinajstić information content (AvgIpc) is 3.22. The molecule has 2 N–H and O–H groups in total. The number of amides is 1. The van der Waals surface area contributed by atoms with Crippen LogP contribution in [0.5, 0.6) is 0 Å². The summed E-state index contributed by atoms with van der Waals surface area (Å²) in [6.45, 7) is 1.39. The van der Waals surface area contributed by atoms with Gasteiger partial charge in [0.1, 0.15) is 12.0 Å². The number of rotatable bonds is 6. The predicted octanol–water partition coefficient (Wildman–Crippen LogP) is 3.16. The molecule has 1 aliphatic rings. The van der Waals surface area contributed by atoms with Crippen LogP contribution >= 0.6 is 0 Å². The number of hydrogen-bond acceptors (Lipinski definition) is 6. The molecule has 11 heteroatoms. The second-order valence-electron chi connectivity index (χ2n) is 6.67. The lowest BCUT2D eigenvalue weighted by Crippen LogP contribution is -2.21. The van der Waals surface area contributed by atoms with Crippen molar-refractivity contribution in [2.24, 2.45) is 0 Å². The van der Waals surface area contributed by atoms with Crippen LogP contribution in [0, 0.1) is 0 Å². The fourth-order valence-corrected chi connectivity index (χ4v) is 2.72. The first-order valence-electron chi connectivity index (χ1n) is 8.84. The highest BCUT2D eigenvalue weighted by Gasteiger charge is 2.38. The largest absolute Gasteiger partial charge is 0.490 e.